The first-order valence-corrected chi connectivity index (χ1v) is 6.98. The molecule has 0 heterocycles. The monoisotopic (exact) mass is 274 g/mol. The van der Waals surface area contributed by atoms with Crippen molar-refractivity contribution in [3.8, 4) is 0 Å². The van der Waals surface area contributed by atoms with Crippen molar-refractivity contribution in [2.75, 3.05) is 7.11 Å². The molecule has 0 unspecified atom stereocenters. The van der Waals surface area contributed by atoms with Gasteiger partial charge in [0.2, 0.25) is 0 Å². The van der Waals surface area contributed by atoms with Crippen LogP contribution in [-0.4, -0.2) is 18.9 Å². The third-order valence-electron chi connectivity index (χ3n) is 3.17. The van der Waals surface area contributed by atoms with Gasteiger partial charge in [-0.1, -0.05) is 31.9 Å². The molecule has 108 valence electrons. The molecule has 3 heteroatoms. The van der Waals surface area contributed by atoms with E-state index >= 15 is 0 Å². The Kier molecular flexibility index (Phi) is 6.71. The van der Waals surface area contributed by atoms with E-state index in [0.717, 1.165) is 36.8 Å². The largest absolute Gasteiger partial charge is 0.465 e. The van der Waals surface area contributed by atoms with E-state index in [-0.39, 0.29) is 11.8 Å². The van der Waals surface area contributed by atoms with Crippen LogP contribution < -0.4 is 0 Å². The van der Waals surface area contributed by atoms with Gasteiger partial charge in [0.05, 0.1) is 12.7 Å². The molecular formula is C17H22O3. The van der Waals surface area contributed by atoms with E-state index in [0.29, 0.717) is 5.56 Å². The second kappa shape index (κ2) is 8.31. The van der Waals surface area contributed by atoms with E-state index < -0.39 is 0 Å². The number of carbonyl (C=O) groups excluding carboxylic acids is 2. The van der Waals surface area contributed by atoms with Crippen LogP contribution in [0.5, 0.6) is 0 Å². The van der Waals surface area contributed by atoms with Crippen LogP contribution in [0.3, 0.4) is 0 Å². The summed E-state index contributed by atoms with van der Waals surface area (Å²) >= 11 is 0. The molecule has 0 N–H and O–H groups in total. The van der Waals surface area contributed by atoms with Crippen LogP contribution in [0.25, 0.3) is 6.08 Å². The number of esters is 1. The van der Waals surface area contributed by atoms with Gasteiger partial charge in [-0.25, -0.2) is 4.79 Å². The number of ether oxygens (including phenoxy) is 1. The molecule has 0 aliphatic carbocycles. The van der Waals surface area contributed by atoms with Gasteiger partial charge in [-0.05, 0) is 49.1 Å². The lowest BCUT2D eigenvalue weighted by Gasteiger charge is -2.04. The molecule has 0 aliphatic rings. The Morgan fingerprint density at radius 2 is 1.80 bits per heavy atom. The van der Waals surface area contributed by atoms with Gasteiger partial charge in [0.1, 0.15) is 0 Å². The Labute approximate surface area is 120 Å². The third-order valence-corrected chi connectivity index (χ3v) is 3.17. The molecule has 0 spiro atoms. The van der Waals surface area contributed by atoms with Crippen molar-refractivity contribution in [2.45, 2.75) is 39.5 Å². The van der Waals surface area contributed by atoms with Crippen LogP contribution in [0.4, 0.5) is 0 Å². The molecule has 0 bridgehead atoms. The highest BCUT2D eigenvalue weighted by Crippen LogP contribution is 2.15. The summed E-state index contributed by atoms with van der Waals surface area (Å²) in [7, 11) is 1.36. The molecule has 0 aromatic heterocycles. The fraction of sp³-hybridized carbons (Fsp3) is 0.412. The van der Waals surface area contributed by atoms with Crippen LogP contribution >= 0.6 is 0 Å². The molecule has 1 aromatic carbocycles. The van der Waals surface area contributed by atoms with Crippen LogP contribution in [-0.2, 0) is 9.53 Å². The van der Waals surface area contributed by atoms with Crippen LogP contribution in [0, 0.1) is 0 Å². The summed E-state index contributed by atoms with van der Waals surface area (Å²) in [5.74, 6) is -0.242. The van der Waals surface area contributed by atoms with E-state index in [2.05, 4.69) is 11.7 Å². The average Bonchev–Trinajstić information content (AvgIpc) is 2.46. The predicted molar refractivity (Wildman–Crippen MR) is 80.6 cm³/mol. The maximum atomic E-state index is 11.6. The number of allylic oxidation sites excluding steroid dienone is 1. The normalized spacial score (nSPS) is 11.2. The van der Waals surface area contributed by atoms with Crippen LogP contribution in [0.15, 0.2) is 29.8 Å². The molecule has 20 heavy (non-hydrogen) atoms. The van der Waals surface area contributed by atoms with E-state index in [4.69, 9.17) is 0 Å². The minimum atomic E-state index is -0.352. The Morgan fingerprint density at radius 3 is 2.30 bits per heavy atom. The minimum absolute atomic E-state index is 0.109. The molecule has 0 saturated heterocycles. The SMILES string of the molecule is CCCCCC(=Cc1ccc(C(=O)OC)cc1)C(C)=O. The van der Waals surface area contributed by atoms with Crippen LogP contribution in [0.2, 0.25) is 0 Å². The molecule has 0 atom stereocenters. The summed E-state index contributed by atoms with van der Waals surface area (Å²) in [5, 5.41) is 0. The van der Waals surface area contributed by atoms with Crippen molar-refractivity contribution in [1.29, 1.82) is 0 Å². The Bertz CT molecular complexity index is 483. The Morgan fingerprint density at radius 1 is 1.15 bits per heavy atom. The fourth-order valence-electron chi connectivity index (χ4n) is 1.95. The van der Waals surface area contributed by atoms with Gasteiger partial charge in [0.15, 0.2) is 5.78 Å². The smallest absolute Gasteiger partial charge is 0.337 e. The average molecular weight is 274 g/mol. The zero-order valence-electron chi connectivity index (χ0n) is 12.4. The number of ketones is 1. The topological polar surface area (TPSA) is 43.4 Å². The maximum Gasteiger partial charge on any atom is 0.337 e. The molecule has 0 fully saturated rings. The maximum absolute atomic E-state index is 11.6. The second-order valence-electron chi connectivity index (χ2n) is 4.80. The van der Waals surface area contributed by atoms with Crippen molar-refractivity contribution in [3.63, 3.8) is 0 Å². The standard InChI is InChI=1S/C17H22O3/c1-4-5-6-7-16(13(2)18)12-14-8-10-15(11-9-14)17(19)20-3/h8-12H,4-7H2,1-3H3. The fourth-order valence-corrected chi connectivity index (χ4v) is 1.95. The van der Waals surface area contributed by atoms with Gasteiger partial charge in [-0.15, -0.1) is 0 Å². The lowest BCUT2D eigenvalue weighted by Crippen LogP contribution is -2.00. The summed E-state index contributed by atoms with van der Waals surface area (Å²) in [6.07, 6.45) is 6.01. The van der Waals surface area contributed by atoms with Gasteiger partial charge in [0.25, 0.3) is 0 Å². The third kappa shape index (κ3) is 5.00. The number of hydrogen-bond acceptors (Lipinski definition) is 3. The highest BCUT2D eigenvalue weighted by Gasteiger charge is 2.06. The first-order valence-electron chi connectivity index (χ1n) is 6.98. The molecule has 0 radical (unpaired) electrons. The zero-order valence-corrected chi connectivity index (χ0v) is 12.4. The number of benzene rings is 1. The zero-order chi connectivity index (χ0) is 15.0. The predicted octanol–water partition coefficient (Wildman–Crippen LogP) is 4.03. The Hall–Kier alpha value is -1.90. The molecule has 0 amide bonds. The van der Waals surface area contributed by atoms with E-state index in [1.165, 1.54) is 7.11 Å². The van der Waals surface area contributed by atoms with Crippen molar-refractivity contribution < 1.29 is 14.3 Å². The summed E-state index contributed by atoms with van der Waals surface area (Å²) in [4.78, 5) is 23.0. The van der Waals surface area contributed by atoms with Gasteiger partial charge < -0.3 is 4.74 Å². The van der Waals surface area contributed by atoms with E-state index in [9.17, 15) is 9.59 Å². The summed E-state index contributed by atoms with van der Waals surface area (Å²) in [6, 6.07) is 7.08. The van der Waals surface area contributed by atoms with Crippen molar-refractivity contribution >= 4 is 17.8 Å². The molecular weight excluding hydrogens is 252 g/mol. The number of carbonyl (C=O) groups is 2. The van der Waals surface area contributed by atoms with Crippen molar-refractivity contribution in [1.82, 2.24) is 0 Å². The van der Waals surface area contributed by atoms with Gasteiger partial charge in [-0.2, -0.15) is 0 Å². The number of unbranched alkanes of at least 4 members (excludes halogenated alkanes) is 2. The lowest BCUT2D eigenvalue weighted by molar-refractivity contribution is -0.113. The van der Waals surface area contributed by atoms with E-state index in [1.807, 2.05) is 18.2 Å². The van der Waals surface area contributed by atoms with Gasteiger partial charge in [0, 0.05) is 0 Å². The van der Waals surface area contributed by atoms with Gasteiger partial charge >= 0.3 is 5.97 Å². The highest BCUT2D eigenvalue weighted by atomic mass is 16.5. The minimum Gasteiger partial charge on any atom is -0.465 e. The first kappa shape index (κ1) is 16.2. The lowest BCUT2D eigenvalue weighted by atomic mass is 10.0. The first-order chi connectivity index (χ1) is 9.58. The van der Waals surface area contributed by atoms with Crippen molar-refractivity contribution in [3.05, 3.63) is 41.0 Å². The van der Waals surface area contributed by atoms with E-state index in [1.54, 1.807) is 19.1 Å². The second-order valence-corrected chi connectivity index (χ2v) is 4.80. The van der Waals surface area contributed by atoms with Crippen LogP contribution in [0.1, 0.15) is 55.5 Å². The highest BCUT2D eigenvalue weighted by molar-refractivity contribution is 5.97. The Balaban J connectivity index is 2.83. The summed E-state index contributed by atoms with van der Waals surface area (Å²) < 4.78 is 4.65. The molecule has 1 rings (SSSR count). The molecule has 0 aliphatic heterocycles. The number of methoxy groups -OCH3 is 1. The number of Topliss-reactive ketones (excluding diaryl/α,β-unsaturated/α-hetero) is 1. The molecule has 3 nitrogen and oxygen atoms in total. The quantitative estimate of drug-likeness (QED) is 0.428. The number of hydrogen-bond donors (Lipinski definition) is 0. The molecule has 1 aromatic rings. The van der Waals surface area contributed by atoms with Gasteiger partial charge in [-0.3, -0.25) is 4.79 Å². The number of rotatable bonds is 7. The summed E-state index contributed by atoms with van der Waals surface area (Å²) in [6.45, 7) is 3.74. The van der Waals surface area contributed by atoms with Crippen molar-refractivity contribution in [2.24, 2.45) is 0 Å². The molecule has 0 saturated carbocycles. The summed E-state index contributed by atoms with van der Waals surface area (Å²) in [5.41, 5.74) is 2.28.